The molecule has 2 aromatic carbocycles. The zero-order chi connectivity index (χ0) is 22.6. The molecule has 0 radical (unpaired) electrons. The topological polar surface area (TPSA) is 103 Å². The van der Waals surface area contributed by atoms with Crippen LogP contribution in [0.2, 0.25) is 0 Å². The average Bonchev–Trinajstić information content (AvgIpc) is 2.78. The van der Waals surface area contributed by atoms with Crippen molar-refractivity contribution in [1.82, 2.24) is 5.32 Å². The Balaban J connectivity index is 1.94. The number of rotatable bonds is 11. The van der Waals surface area contributed by atoms with Crippen molar-refractivity contribution >= 4 is 23.5 Å². The Hall–Kier alpha value is -3.55. The molecule has 0 atom stereocenters. The van der Waals surface area contributed by atoms with Crippen LogP contribution in [0, 0.1) is 0 Å². The maximum Gasteiger partial charge on any atom is 0.338 e. The van der Waals surface area contributed by atoms with Crippen LogP contribution in [0.25, 0.3) is 0 Å². The van der Waals surface area contributed by atoms with Gasteiger partial charge in [-0.25, -0.2) is 9.59 Å². The van der Waals surface area contributed by atoms with Gasteiger partial charge in [-0.15, -0.1) is 0 Å². The van der Waals surface area contributed by atoms with E-state index in [0.29, 0.717) is 18.7 Å². The summed E-state index contributed by atoms with van der Waals surface area (Å²) in [6.07, 6.45) is 0.682. The summed E-state index contributed by atoms with van der Waals surface area (Å²) in [5.41, 5.74) is 1.93. The number of methoxy groups -OCH3 is 1. The smallest absolute Gasteiger partial charge is 0.338 e. The summed E-state index contributed by atoms with van der Waals surface area (Å²) in [6.45, 7) is 4.27. The van der Waals surface area contributed by atoms with Gasteiger partial charge in [0.1, 0.15) is 5.75 Å². The molecule has 0 aliphatic rings. The van der Waals surface area contributed by atoms with Gasteiger partial charge in [-0.05, 0) is 56.2 Å². The Morgan fingerprint density at radius 1 is 0.871 bits per heavy atom. The molecule has 0 aromatic heterocycles. The molecule has 0 heterocycles. The Morgan fingerprint density at radius 3 is 1.97 bits per heavy atom. The summed E-state index contributed by atoms with van der Waals surface area (Å²) < 4.78 is 15.1. The fourth-order valence-corrected chi connectivity index (χ4v) is 2.78. The van der Waals surface area contributed by atoms with Crippen LogP contribution in [0.4, 0.5) is 5.69 Å². The minimum atomic E-state index is -0.555. The standard InChI is InChI=1S/C23H28N2O6/c1-4-30-22(27)17-12-18(23(28)31-5-2)14-19(13-17)25-15-21(26)24-11-10-16-6-8-20(29-3)9-7-16/h6-9,12-14,25H,4-5,10-11,15H2,1-3H3,(H,24,26). The molecular weight excluding hydrogens is 400 g/mol. The summed E-state index contributed by atoms with van der Waals surface area (Å²) in [4.78, 5) is 36.4. The molecule has 8 heteroatoms. The minimum Gasteiger partial charge on any atom is -0.497 e. The van der Waals surface area contributed by atoms with Crippen LogP contribution in [0.3, 0.4) is 0 Å². The Labute approximate surface area is 181 Å². The molecule has 8 nitrogen and oxygen atoms in total. The van der Waals surface area contributed by atoms with Crippen molar-refractivity contribution in [1.29, 1.82) is 0 Å². The number of hydrogen-bond acceptors (Lipinski definition) is 7. The number of carbonyl (C=O) groups is 3. The number of amides is 1. The molecule has 2 aromatic rings. The molecule has 1 amide bonds. The average molecular weight is 428 g/mol. The van der Waals surface area contributed by atoms with E-state index in [1.807, 2.05) is 24.3 Å². The van der Waals surface area contributed by atoms with Crippen LogP contribution in [-0.2, 0) is 20.7 Å². The van der Waals surface area contributed by atoms with Crippen molar-refractivity contribution in [3.63, 3.8) is 0 Å². The van der Waals surface area contributed by atoms with Gasteiger partial charge in [0.25, 0.3) is 0 Å². The monoisotopic (exact) mass is 428 g/mol. The van der Waals surface area contributed by atoms with E-state index in [0.717, 1.165) is 11.3 Å². The molecule has 2 N–H and O–H groups in total. The first kappa shape index (κ1) is 23.7. The van der Waals surface area contributed by atoms with E-state index in [4.69, 9.17) is 14.2 Å². The zero-order valence-electron chi connectivity index (χ0n) is 18.0. The molecule has 0 saturated carbocycles. The number of benzene rings is 2. The second-order valence-corrected chi connectivity index (χ2v) is 6.54. The van der Waals surface area contributed by atoms with Gasteiger partial charge in [-0.2, -0.15) is 0 Å². The van der Waals surface area contributed by atoms with E-state index in [2.05, 4.69) is 10.6 Å². The van der Waals surface area contributed by atoms with Crippen molar-refractivity contribution in [2.75, 3.05) is 38.7 Å². The van der Waals surface area contributed by atoms with E-state index < -0.39 is 11.9 Å². The molecule has 0 spiro atoms. The molecule has 31 heavy (non-hydrogen) atoms. The van der Waals surface area contributed by atoms with E-state index in [1.54, 1.807) is 21.0 Å². The highest BCUT2D eigenvalue weighted by atomic mass is 16.5. The Kier molecular flexibility index (Phi) is 9.35. The number of esters is 2. The van der Waals surface area contributed by atoms with Crippen LogP contribution in [-0.4, -0.2) is 51.3 Å². The lowest BCUT2D eigenvalue weighted by molar-refractivity contribution is -0.119. The summed E-state index contributed by atoms with van der Waals surface area (Å²) in [5, 5.41) is 5.77. The lowest BCUT2D eigenvalue weighted by atomic mass is 10.1. The normalized spacial score (nSPS) is 10.2. The second-order valence-electron chi connectivity index (χ2n) is 6.54. The minimum absolute atomic E-state index is 0.0167. The van der Waals surface area contributed by atoms with Crippen molar-refractivity contribution in [3.05, 3.63) is 59.2 Å². The predicted octanol–water partition coefficient (Wildman–Crippen LogP) is 2.82. The van der Waals surface area contributed by atoms with Gasteiger partial charge in [0.2, 0.25) is 5.91 Å². The highest BCUT2D eigenvalue weighted by Crippen LogP contribution is 2.17. The first-order valence-corrected chi connectivity index (χ1v) is 10.1. The first-order chi connectivity index (χ1) is 15.0. The van der Waals surface area contributed by atoms with Crippen molar-refractivity contribution < 1.29 is 28.6 Å². The van der Waals surface area contributed by atoms with Gasteiger partial charge in [-0.1, -0.05) is 12.1 Å². The lowest BCUT2D eigenvalue weighted by Crippen LogP contribution is -2.31. The number of ether oxygens (including phenoxy) is 3. The zero-order valence-corrected chi connectivity index (χ0v) is 18.0. The summed E-state index contributed by atoms with van der Waals surface area (Å²) in [6, 6.07) is 12.1. The van der Waals surface area contributed by atoms with Gasteiger partial charge >= 0.3 is 11.9 Å². The maximum atomic E-state index is 12.2. The highest BCUT2D eigenvalue weighted by molar-refractivity contribution is 5.97. The highest BCUT2D eigenvalue weighted by Gasteiger charge is 2.15. The van der Waals surface area contributed by atoms with E-state index in [1.165, 1.54) is 18.2 Å². The molecule has 166 valence electrons. The molecule has 0 aliphatic carbocycles. The summed E-state index contributed by atoms with van der Waals surface area (Å²) in [5.74, 6) is -0.543. The number of nitrogens with one attached hydrogen (secondary N) is 2. The van der Waals surface area contributed by atoms with Gasteiger partial charge in [0, 0.05) is 12.2 Å². The number of hydrogen-bond donors (Lipinski definition) is 2. The van der Waals surface area contributed by atoms with E-state index in [-0.39, 0.29) is 36.8 Å². The molecule has 0 aliphatic heterocycles. The van der Waals surface area contributed by atoms with Crippen LogP contribution >= 0.6 is 0 Å². The fraction of sp³-hybridized carbons (Fsp3) is 0.348. The molecule has 0 unspecified atom stereocenters. The number of anilines is 1. The van der Waals surface area contributed by atoms with Gasteiger partial charge in [-0.3, -0.25) is 4.79 Å². The SMILES string of the molecule is CCOC(=O)c1cc(NCC(=O)NCCc2ccc(OC)cc2)cc(C(=O)OCC)c1. The molecule has 0 bridgehead atoms. The molecule has 2 rings (SSSR count). The predicted molar refractivity (Wildman–Crippen MR) is 117 cm³/mol. The van der Waals surface area contributed by atoms with Crippen LogP contribution in [0.15, 0.2) is 42.5 Å². The van der Waals surface area contributed by atoms with Crippen LogP contribution in [0.5, 0.6) is 5.75 Å². The lowest BCUT2D eigenvalue weighted by Gasteiger charge is -2.11. The van der Waals surface area contributed by atoms with Gasteiger partial charge in [0.05, 0.1) is 38.0 Å². The van der Waals surface area contributed by atoms with E-state index in [9.17, 15) is 14.4 Å². The molecular formula is C23H28N2O6. The quantitative estimate of drug-likeness (QED) is 0.531. The first-order valence-electron chi connectivity index (χ1n) is 10.1. The Bertz CT molecular complexity index is 859. The van der Waals surface area contributed by atoms with Crippen LogP contribution in [0.1, 0.15) is 40.1 Å². The fourth-order valence-electron chi connectivity index (χ4n) is 2.78. The third kappa shape index (κ3) is 7.65. The second kappa shape index (κ2) is 12.2. The molecule has 0 fully saturated rings. The van der Waals surface area contributed by atoms with E-state index >= 15 is 0 Å². The summed E-state index contributed by atoms with van der Waals surface area (Å²) in [7, 11) is 1.61. The van der Waals surface area contributed by atoms with Crippen molar-refractivity contribution in [3.8, 4) is 5.75 Å². The van der Waals surface area contributed by atoms with Crippen molar-refractivity contribution in [2.45, 2.75) is 20.3 Å². The Morgan fingerprint density at radius 2 is 1.45 bits per heavy atom. The third-order valence-corrected chi connectivity index (χ3v) is 4.30. The summed E-state index contributed by atoms with van der Waals surface area (Å²) >= 11 is 0. The maximum absolute atomic E-state index is 12.2. The molecule has 0 saturated heterocycles. The largest absolute Gasteiger partial charge is 0.497 e. The van der Waals surface area contributed by atoms with Gasteiger partial charge < -0.3 is 24.8 Å². The van der Waals surface area contributed by atoms with Crippen molar-refractivity contribution in [2.24, 2.45) is 0 Å². The number of carbonyl (C=O) groups excluding carboxylic acids is 3. The van der Waals surface area contributed by atoms with Gasteiger partial charge in [0.15, 0.2) is 0 Å². The van der Waals surface area contributed by atoms with Crippen LogP contribution < -0.4 is 15.4 Å². The third-order valence-electron chi connectivity index (χ3n) is 4.30.